The number of aldehydes is 1. The van der Waals surface area contributed by atoms with Crippen LogP contribution in [0.25, 0.3) is 10.1 Å². The predicted molar refractivity (Wildman–Crippen MR) is 53.8 cm³/mol. The summed E-state index contributed by atoms with van der Waals surface area (Å²) in [5.41, 5.74) is 0.605. The third-order valence-corrected chi connectivity index (χ3v) is 2.81. The largest absolute Gasteiger partial charge is 0.496 e. The molecule has 0 atom stereocenters. The average Bonchev–Trinajstić information content (AvgIpc) is 2.62. The Balaban J connectivity index is 2.73. The minimum Gasteiger partial charge on any atom is -0.496 e. The molecule has 0 N–H and O–H groups in total. The van der Waals surface area contributed by atoms with Gasteiger partial charge in [0.1, 0.15) is 5.75 Å². The van der Waals surface area contributed by atoms with Gasteiger partial charge in [-0.2, -0.15) is 0 Å². The van der Waals surface area contributed by atoms with Gasteiger partial charge in [0.2, 0.25) is 0 Å². The van der Waals surface area contributed by atoms with Crippen molar-refractivity contribution in [3.05, 3.63) is 29.1 Å². The van der Waals surface area contributed by atoms with E-state index in [1.54, 1.807) is 18.4 Å². The third-order valence-electron chi connectivity index (χ3n) is 1.93. The Hall–Kier alpha value is -1.35. The smallest absolute Gasteiger partial charge is 0.153 e. The molecule has 0 saturated carbocycles. The molecule has 1 aromatic heterocycles. The van der Waals surface area contributed by atoms with Gasteiger partial charge < -0.3 is 4.74 Å². The Morgan fingerprint density at radius 2 is 2.31 bits per heavy atom. The SMILES string of the molecule is COc1cc2sccc2cc1C=O. The van der Waals surface area contributed by atoms with Crippen LogP contribution in [0.3, 0.4) is 0 Å². The molecule has 1 aromatic carbocycles. The molecule has 2 nitrogen and oxygen atoms in total. The van der Waals surface area contributed by atoms with E-state index in [1.807, 2.05) is 23.6 Å². The first-order chi connectivity index (χ1) is 6.35. The van der Waals surface area contributed by atoms with Gasteiger partial charge in [-0.25, -0.2) is 0 Å². The standard InChI is InChI=1S/C10H8O2S/c1-12-9-5-10-7(2-3-13-10)4-8(9)6-11/h2-6H,1H3. The van der Waals surface area contributed by atoms with Gasteiger partial charge in [0.15, 0.2) is 6.29 Å². The van der Waals surface area contributed by atoms with E-state index in [1.165, 1.54) is 0 Å². The lowest BCUT2D eigenvalue weighted by molar-refractivity contribution is 0.112. The van der Waals surface area contributed by atoms with Gasteiger partial charge in [0.05, 0.1) is 12.7 Å². The summed E-state index contributed by atoms with van der Waals surface area (Å²) in [6, 6.07) is 5.73. The van der Waals surface area contributed by atoms with Gasteiger partial charge >= 0.3 is 0 Å². The molecule has 0 bridgehead atoms. The van der Waals surface area contributed by atoms with Crippen LogP contribution in [0.5, 0.6) is 5.75 Å². The monoisotopic (exact) mass is 192 g/mol. The molecule has 13 heavy (non-hydrogen) atoms. The van der Waals surface area contributed by atoms with Crippen LogP contribution in [0.1, 0.15) is 10.4 Å². The number of methoxy groups -OCH3 is 1. The summed E-state index contributed by atoms with van der Waals surface area (Å²) in [5, 5.41) is 3.09. The van der Waals surface area contributed by atoms with E-state index in [2.05, 4.69) is 0 Å². The lowest BCUT2D eigenvalue weighted by Crippen LogP contribution is -1.89. The molecule has 0 unspecified atom stereocenters. The first-order valence-electron chi connectivity index (χ1n) is 3.85. The highest BCUT2D eigenvalue weighted by molar-refractivity contribution is 7.17. The maximum Gasteiger partial charge on any atom is 0.153 e. The zero-order chi connectivity index (χ0) is 9.26. The van der Waals surface area contributed by atoms with Crippen molar-refractivity contribution in [2.75, 3.05) is 7.11 Å². The Morgan fingerprint density at radius 3 is 3.00 bits per heavy atom. The van der Waals surface area contributed by atoms with E-state index < -0.39 is 0 Å². The molecule has 0 spiro atoms. The summed E-state index contributed by atoms with van der Waals surface area (Å²) in [6.45, 7) is 0. The van der Waals surface area contributed by atoms with Crippen molar-refractivity contribution >= 4 is 27.7 Å². The Kier molecular flexibility index (Phi) is 2.02. The molecule has 2 aromatic rings. The molecule has 66 valence electrons. The van der Waals surface area contributed by atoms with Crippen molar-refractivity contribution in [2.24, 2.45) is 0 Å². The summed E-state index contributed by atoms with van der Waals surface area (Å²) in [5.74, 6) is 0.643. The fourth-order valence-corrected chi connectivity index (χ4v) is 2.08. The fraction of sp³-hybridized carbons (Fsp3) is 0.100. The number of ether oxygens (including phenoxy) is 1. The van der Waals surface area contributed by atoms with Crippen LogP contribution < -0.4 is 4.74 Å². The number of hydrogen-bond donors (Lipinski definition) is 0. The molecule has 0 fully saturated rings. The highest BCUT2D eigenvalue weighted by Gasteiger charge is 2.04. The number of hydrogen-bond acceptors (Lipinski definition) is 3. The van der Waals surface area contributed by atoms with Crippen LogP contribution in [0, 0.1) is 0 Å². The zero-order valence-electron chi connectivity index (χ0n) is 7.11. The number of carbonyl (C=O) groups excluding carboxylic acids is 1. The summed E-state index contributed by atoms with van der Waals surface area (Å²) in [4.78, 5) is 10.7. The fourth-order valence-electron chi connectivity index (χ4n) is 1.28. The van der Waals surface area contributed by atoms with Crippen molar-refractivity contribution in [2.45, 2.75) is 0 Å². The van der Waals surface area contributed by atoms with Gasteiger partial charge in [-0.05, 0) is 29.0 Å². The Morgan fingerprint density at radius 1 is 1.46 bits per heavy atom. The van der Waals surface area contributed by atoms with Crippen molar-refractivity contribution < 1.29 is 9.53 Å². The van der Waals surface area contributed by atoms with Gasteiger partial charge in [-0.1, -0.05) is 0 Å². The molecule has 3 heteroatoms. The normalized spacial score (nSPS) is 10.2. The summed E-state index contributed by atoms with van der Waals surface area (Å²) >= 11 is 1.64. The van der Waals surface area contributed by atoms with E-state index in [-0.39, 0.29) is 0 Å². The van der Waals surface area contributed by atoms with E-state index in [0.29, 0.717) is 11.3 Å². The maximum absolute atomic E-state index is 10.7. The first kappa shape index (κ1) is 8.26. The lowest BCUT2D eigenvalue weighted by Gasteiger charge is -2.02. The number of thiophene rings is 1. The quantitative estimate of drug-likeness (QED) is 0.684. The van der Waals surface area contributed by atoms with Gasteiger partial charge in [-0.15, -0.1) is 11.3 Å². The van der Waals surface area contributed by atoms with E-state index in [9.17, 15) is 4.79 Å². The number of fused-ring (bicyclic) bond motifs is 1. The maximum atomic E-state index is 10.7. The molecule has 0 aliphatic heterocycles. The first-order valence-corrected chi connectivity index (χ1v) is 4.73. The molecular weight excluding hydrogens is 184 g/mol. The van der Waals surface area contributed by atoms with Crippen molar-refractivity contribution in [1.29, 1.82) is 0 Å². The molecule has 0 aliphatic rings. The van der Waals surface area contributed by atoms with Crippen LogP contribution in [0.15, 0.2) is 23.6 Å². The number of rotatable bonds is 2. The average molecular weight is 192 g/mol. The van der Waals surface area contributed by atoms with Crippen molar-refractivity contribution in [1.82, 2.24) is 0 Å². The molecule has 0 aliphatic carbocycles. The number of benzene rings is 1. The lowest BCUT2D eigenvalue weighted by atomic mass is 10.1. The van der Waals surface area contributed by atoms with E-state index >= 15 is 0 Å². The van der Waals surface area contributed by atoms with Crippen LogP contribution in [-0.2, 0) is 0 Å². The van der Waals surface area contributed by atoms with E-state index in [4.69, 9.17) is 4.74 Å². The Labute approximate surface area is 79.8 Å². The molecule has 0 saturated heterocycles. The number of carbonyl (C=O) groups is 1. The van der Waals surface area contributed by atoms with Crippen LogP contribution in [0.2, 0.25) is 0 Å². The molecule has 0 radical (unpaired) electrons. The third kappa shape index (κ3) is 1.31. The second-order valence-corrected chi connectivity index (χ2v) is 3.62. The zero-order valence-corrected chi connectivity index (χ0v) is 7.93. The highest BCUT2D eigenvalue weighted by Crippen LogP contribution is 2.28. The highest BCUT2D eigenvalue weighted by atomic mass is 32.1. The van der Waals surface area contributed by atoms with Crippen LogP contribution in [0.4, 0.5) is 0 Å². The topological polar surface area (TPSA) is 26.3 Å². The van der Waals surface area contributed by atoms with Crippen molar-refractivity contribution in [3.8, 4) is 5.75 Å². The molecule has 0 amide bonds. The van der Waals surface area contributed by atoms with E-state index in [0.717, 1.165) is 16.4 Å². The molecule has 2 rings (SSSR count). The Bertz CT molecular complexity index is 445. The summed E-state index contributed by atoms with van der Waals surface area (Å²) < 4.78 is 6.23. The van der Waals surface area contributed by atoms with Gasteiger partial charge in [0, 0.05) is 4.70 Å². The van der Waals surface area contributed by atoms with Crippen LogP contribution in [-0.4, -0.2) is 13.4 Å². The second-order valence-electron chi connectivity index (χ2n) is 2.67. The minimum atomic E-state index is 0.605. The van der Waals surface area contributed by atoms with Gasteiger partial charge in [0.25, 0.3) is 0 Å². The minimum absolute atomic E-state index is 0.605. The molecular formula is C10H8O2S. The van der Waals surface area contributed by atoms with Crippen molar-refractivity contribution in [3.63, 3.8) is 0 Å². The van der Waals surface area contributed by atoms with Gasteiger partial charge in [-0.3, -0.25) is 4.79 Å². The summed E-state index contributed by atoms with van der Waals surface area (Å²) in [7, 11) is 1.57. The predicted octanol–water partition coefficient (Wildman–Crippen LogP) is 2.72. The second kappa shape index (κ2) is 3.18. The summed E-state index contributed by atoms with van der Waals surface area (Å²) in [6.07, 6.45) is 0.815. The van der Waals surface area contributed by atoms with Crippen LogP contribution >= 0.6 is 11.3 Å². The molecule has 1 heterocycles.